The summed E-state index contributed by atoms with van der Waals surface area (Å²) in [5.41, 5.74) is 5.52. The van der Waals surface area contributed by atoms with Gasteiger partial charge in [-0.2, -0.15) is 0 Å². The molecular weight excluding hydrogens is 438 g/mol. The van der Waals surface area contributed by atoms with Crippen molar-refractivity contribution in [2.45, 2.75) is 23.2 Å². The summed E-state index contributed by atoms with van der Waals surface area (Å²) < 4.78 is -0.683. The minimum atomic E-state index is -0.683. The summed E-state index contributed by atoms with van der Waals surface area (Å²) in [7, 11) is 0. The van der Waals surface area contributed by atoms with Crippen molar-refractivity contribution >= 4 is 27.7 Å². The molecule has 1 heterocycles. The SMILES string of the molecule is C[C@H](c1ccccc1)N1C(=O)[C@@H]2C3c4ccccc4C(Br)(c4ccccc43)[C@@H]2C1=O. The Labute approximate surface area is 183 Å². The van der Waals surface area contributed by atoms with E-state index >= 15 is 0 Å². The van der Waals surface area contributed by atoms with E-state index in [2.05, 4.69) is 40.2 Å². The number of nitrogens with zero attached hydrogens (tertiary/aromatic N) is 1. The Kier molecular flexibility index (Phi) is 3.70. The predicted octanol–water partition coefficient (Wildman–Crippen LogP) is 5.15. The second kappa shape index (κ2) is 6.14. The van der Waals surface area contributed by atoms with Gasteiger partial charge < -0.3 is 0 Å². The summed E-state index contributed by atoms with van der Waals surface area (Å²) in [6, 6.07) is 26.0. The Morgan fingerprint density at radius 2 is 1.33 bits per heavy atom. The molecule has 7 rings (SSSR count). The van der Waals surface area contributed by atoms with Gasteiger partial charge in [-0.25, -0.2) is 0 Å². The fourth-order valence-corrected chi connectivity index (χ4v) is 7.17. The van der Waals surface area contributed by atoms with Gasteiger partial charge in [-0.05, 0) is 34.7 Å². The van der Waals surface area contributed by atoms with E-state index in [-0.39, 0.29) is 29.7 Å². The van der Waals surface area contributed by atoms with Crippen molar-refractivity contribution in [3.05, 3.63) is 107 Å². The predicted molar refractivity (Wildman–Crippen MR) is 118 cm³/mol. The van der Waals surface area contributed by atoms with Crippen LogP contribution < -0.4 is 0 Å². The molecule has 1 fully saturated rings. The van der Waals surface area contributed by atoms with Crippen molar-refractivity contribution in [3.63, 3.8) is 0 Å². The van der Waals surface area contributed by atoms with Crippen molar-refractivity contribution in [3.8, 4) is 0 Å². The number of alkyl halides is 1. The zero-order valence-corrected chi connectivity index (χ0v) is 18.0. The maximum Gasteiger partial charge on any atom is 0.235 e. The monoisotopic (exact) mass is 457 g/mol. The first-order valence-electron chi connectivity index (χ1n) is 10.3. The quantitative estimate of drug-likeness (QED) is 0.394. The highest BCUT2D eigenvalue weighted by Crippen LogP contribution is 2.66. The highest BCUT2D eigenvalue weighted by Gasteiger charge is 2.67. The molecule has 2 amide bonds. The fraction of sp³-hybridized carbons (Fsp3) is 0.231. The Morgan fingerprint density at radius 3 is 1.93 bits per heavy atom. The van der Waals surface area contributed by atoms with Gasteiger partial charge in [0.15, 0.2) is 0 Å². The van der Waals surface area contributed by atoms with Crippen LogP contribution in [-0.2, 0) is 13.9 Å². The molecular formula is C26H20BrNO2. The van der Waals surface area contributed by atoms with Crippen LogP contribution in [0.2, 0.25) is 0 Å². The normalized spacial score (nSPS) is 29.4. The van der Waals surface area contributed by atoms with Crippen molar-refractivity contribution in [1.29, 1.82) is 0 Å². The van der Waals surface area contributed by atoms with Crippen LogP contribution >= 0.6 is 15.9 Å². The topological polar surface area (TPSA) is 37.4 Å². The van der Waals surface area contributed by atoms with Gasteiger partial charge in [-0.3, -0.25) is 14.5 Å². The zero-order valence-electron chi connectivity index (χ0n) is 16.5. The lowest BCUT2D eigenvalue weighted by atomic mass is 9.55. The molecule has 0 unspecified atom stereocenters. The Hall–Kier alpha value is -2.72. The van der Waals surface area contributed by atoms with Gasteiger partial charge >= 0.3 is 0 Å². The van der Waals surface area contributed by atoms with Crippen LogP contribution in [0.3, 0.4) is 0 Å². The minimum Gasteiger partial charge on any atom is -0.275 e. The lowest BCUT2D eigenvalue weighted by molar-refractivity contribution is -0.142. The first-order valence-corrected chi connectivity index (χ1v) is 11.1. The van der Waals surface area contributed by atoms with Crippen molar-refractivity contribution in [2.24, 2.45) is 11.8 Å². The number of hydrogen-bond donors (Lipinski definition) is 0. The molecule has 30 heavy (non-hydrogen) atoms. The lowest BCUT2D eigenvalue weighted by Gasteiger charge is -2.51. The van der Waals surface area contributed by atoms with E-state index in [4.69, 9.17) is 0 Å². The van der Waals surface area contributed by atoms with E-state index in [1.54, 1.807) is 0 Å². The second-order valence-electron chi connectivity index (χ2n) is 8.50. The van der Waals surface area contributed by atoms with Crippen LogP contribution in [0.15, 0.2) is 78.9 Å². The highest BCUT2D eigenvalue weighted by molar-refractivity contribution is 9.09. The first kappa shape index (κ1) is 18.1. The number of halogens is 1. The average molecular weight is 458 g/mol. The molecule has 2 bridgehead atoms. The van der Waals surface area contributed by atoms with Crippen molar-refractivity contribution in [2.75, 3.05) is 0 Å². The molecule has 1 saturated heterocycles. The molecule has 4 heteroatoms. The number of amides is 2. The largest absolute Gasteiger partial charge is 0.275 e. The number of hydrogen-bond acceptors (Lipinski definition) is 2. The molecule has 0 radical (unpaired) electrons. The third-order valence-corrected chi connectivity index (χ3v) is 8.57. The van der Waals surface area contributed by atoms with Crippen LogP contribution in [0.25, 0.3) is 0 Å². The van der Waals surface area contributed by atoms with Gasteiger partial charge in [0, 0.05) is 5.92 Å². The molecule has 0 aromatic heterocycles. The van der Waals surface area contributed by atoms with E-state index in [0.29, 0.717) is 0 Å². The van der Waals surface area contributed by atoms with E-state index in [1.165, 1.54) is 4.90 Å². The third kappa shape index (κ3) is 2.05. The number of rotatable bonds is 2. The van der Waals surface area contributed by atoms with Gasteiger partial charge in [0.2, 0.25) is 11.8 Å². The number of carbonyl (C=O) groups is 2. The van der Waals surface area contributed by atoms with Crippen LogP contribution in [0.4, 0.5) is 0 Å². The van der Waals surface area contributed by atoms with E-state index < -0.39 is 10.2 Å². The maximum atomic E-state index is 13.9. The van der Waals surface area contributed by atoms with Crippen molar-refractivity contribution in [1.82, 2.24) is 4.90 Å². The number of likely N-dealkylation sites (tertiary alicyclic amines) is 1. The van der Waals surface area contributed by atoms with Gasteiger partial charge in [-0.1, -0.05) is 94.8 Å². The molecule has 3 aromatic carbocycles. The molecule has 0 saturated carbocycles. The number of carbonyl (C=O) groups excluding carboxylic acids is 2. The minimum absolute atomic E-state index is 0.0563. The van der Waals surface area contributed by atoms with Crippen molar-refractivity contribution < 1.29 is 9.59 Å². The van der Waals surface area contributed by atoms with E-state index in [0.717, 1.165) is 27.8 Å². The van der Waals surface area contributed by atoms with E-state index in [9.17, 15) is 9.59 Å². The summed E-state index contributed by atoms with van der Waals surface area (Å²) in [5, 5.41) is 0. The smallest absolute Gasteiger partial charge is 0.235 e. The Balaban J connectivity index is 1.57. The highest BCUT2D eigenvalue weighted by atomic mass is 79.9. The molecule has 1 aliphatic heterocycles. The van der Waals surface area contributed by atoms with E-state index in [1.807, 2.05) is 61.5 Å². The molecule has 148 valence electrons. The molecule has 3 aliphatic carbocycles. The van der Waals surface area contributed by atoms with Gasteiger partial charge in [-0.15, -0.1) is 0 Å². The maximum absolute atomic E-state index is 13.9. The summed E-state index contributed by atoms with van der Waals surface area (Å²) in [5.74, 6) is -1.04. The van der Waals surface area contributed by atoms with Crippen LogP contribution in [-0.4, -0.2) is 16.7 Å². The molecule has 0 N–H and O–H groups in total. The van der Waals surface area contributed by atoms with Crippen LogP contribution in [0.1, 0.15) is 46.7 Å². The number of imide groups is 1. The summed E-state index contributed by atoms with van der Waals surface area (Å²) in [6.45, 7) is 1.95. The summed E-state index contributed by atoms with van der Waals surface area (Å²) >= 11 is 4.04. The molecule has 3 atom stereocenters. The first-order chi connectivity index (χ1) is 14.5. The number of benzene rings is 3. The average Bonchev–Trinajstić information content (AvgIpc) is 3.06. The van der Waals surface area contributed by atoms with Crippen LogP contribution in [0, 0.1) is 11.8 Å². The standard InChI is InChI=1S/C26H20BrNO2/c1-15(16-9-3-2-4-10-16)28-24(29)22-21-17-11-5-7-13-19(17)26(27,23(22)25(28)30)20-14-8-6-12-18(20)21/h2-15,21-23H,1H3/t15-,21?,22-,23+,26?/m1/s1. The molecule has 3 aromatic rings. The van der Waals surface area contributed by atoms with Gasteiger partial charge in [0.25, 0.3) is 0 Å². The molecule has 3 nitrogen and oxygen atoms in total. The second-order valence-corrected chi connectivity index (χ2v) is 9.75. The third-order valence-electron chi connectivity index (χ3n) is 7.22. The zero-order chi connectivity index (χ0) is 20.6. The lowest BCUT2D eigenvalue weighted by Crippen LogP contribution is -2.50. The van der Waals surface area contributed by atoms with Gasteiger partial charge in [0.1, 0.15) is 0 Å². The Bertz CT molecular complexity index is 1160. The summed E-state index contributed by atoms with van der Waals surface area (Å²) in [6.07, 6.45) is 0. The molecule has 0 spiro atoms. The molecule has 4 aliphatic rings. The fourth-order valence-electron chi connectivity index (χ4n) is 5.96. The Morgan fingerprint density at radius 1 is 0.800 bits per heavy atom. The summed E-state index contributed by atoms with van der Waals surface area (Å²) in [4.78, 5) is 29.2. The van der Waals surface area contributed by atoms with Crippen LogP contribution in [0.5, 0.6) is 0 Å². The van der Waals surface area contributed by atoms with Gasteiger partial charge in [0.05, 0.1) is 22.2 Å².